The highest BCUT2D eigenvalue weighted by atomic mass is 16.5. The van der Waals surface area contributed by atoms with Crippen LogP contribution in [0.2, 0.25) is 0 Å². The lowest BCUT2D eigenvalue weighted by Gasteiger charge is -2.02. The molecular formula is C7H11N3O. The summed E-state index contributed by atoms with van der Waals surface area (Å²) < 4.78 is 4.97. The minimum atomic E-state index is 0.565. The molecule has 0 aliphatic carbocycles. The molecule has 0 aliphatic rings. The maximum atomic E-state index is 5.36. The van der Waals surface area contributed by atoms with Crippen LogP contribution < -0.4 is 10.5 Å². The van der Waals surface area contributed by atoms with Gasteiger partial charge in [0.2, 0.25) is 5.88 Å². The highest BCUT2D eigenvalue weighted by Crippen LogP contribution is 2.09. The third-order valence-corrected chi connectivity index (χ3v) is 1.31. The number of methoxy groups -OCH3 is 1. The van der Waals surface area contributed by atoms with Gasteiger partial charge in [-0.1, -0.05) is 0 Å². The Labute approximate surface area is 65.4 Å². The Balaban J connectivity index is 2.83. The first-order chi connectivity index (χ1) is 5.38. The lowest BCUT2D eigenvalue weighted by atomic mass is 10.3. The van der Waals surface area contributed by atoms with E-state index in [1.165, 1.54) is 0 Å². The molecule has 0 atom stereocenters. The summed E-state index contributed by atoms with van der Waals surface area (Å²) in [5.41, 5.74) is 6.18. The molecular weight excluding hydrogens is 142 g/mol. The van der Waals surface area contributed by atoms with Crippen molar-refractivity contribution in [2.24, 2.45) is 5.73 Å². The van der Waals surface area contributed by atoms with Crippen molar-refractivity contribution in [3.63, 3.8) is 0 Å². The van der Waals surface area contributed by atoms with Crippen LogP contribution in [0.1, 0.15) is 5.69 Å². The summed E-state index contributed by atoms with van der Waals surface area (Å²) in [4.78, 5) is 8.05. The Kier molecular flexibility index (Phi) is 2.80. The molecule has 0 radical (unpaired) electrons. The molecule has 0 aromatic carbocycles. The Morgan fingerprint density at radius 3 is 2.82 bits per heavy atom. The molecule has 1 rings (SSSR count). The lowest BCUT2D eigenvalue weighted by molar-refractivity contribution is 0.389. The third-order valence-electron chi connectivity index (χ3n) is 1.31. The molecule has 1 heterocycles. The smallest absolute Gasteiger partial charge is 0.235 e. The number of ether oxygens (including phenoxy) is 1. The molecule has 0 bridgehead atoms. The van der Waals surface area contributed by atoms with Crippen molar-refractivity contribution in [2.45, 2.75) is 6.42 Å². The van der Waals surface area contributed by atoms with Crippen molar-refractivity contribution < 1.29 is 4.74 Å². The zero-order valence-corrected chi connectivity index (χ0v) is 6.45. The molecule has 0 saturated carbocycles. The summed E-state index contributed by atoms with van der Waals surface area (Å²) in [6.45, 7) is 0.565. The van der Waals surface area contributed by atoms with Crippen LogP contribution in [0.4, 0.5) is 0 Å². The first kappa shape index (κ1) is 7.94. The zero-order chi connectivity index (χ0) is 8.10. The van der Waals surface area contributed by atoms with Gasteiger partial charge in [0.1, 0.15) is 5.69 Å². The molecule has 0 saturated heterocycles. The SMILES string of the molecule is COc1nccnc1CCN. The maximum Gasteiger partial charge on any atom is 0.235 e. The van der Waals surface area contributed by atoms with Gasteiger partial charge in [-0.3, -0.25) is 4.98 Å². The normalized spacial score (nSPS) is 9.64. The van der Waals surface area contributed by atoms with Gasteiger partial charge < -0.3 is 10.5 Å². The monoisotopic (exact) mass is 153 g/mol. The molecule has 4 nitrogen and oxygen atoms in total. The Morgan fingerprint density at radius 2 is 2.18 bits per heavy atom. The first-order valence-corrected chi connectivity index (χ1v) is 3.42. The van der Waals surface area contributed by atoms with E-state index in [-0.39, 0.29) is 0 Å². The fraction of sp³-hybridized carbons (Fsp3) is 0.429. The van der Waals surface area contributed by atoms with Crippen molar-refractivity contribution >= 4 is 0 Å². The maximum absolute atomic E-state index is 5.36. The molecule has 11 heavy (non-hydrogen) atoms. The molecule has 0 amide bonds. The Hall–Kier alpha value is -1.16. The number of nitrogens with two attached hydrogens (primary N) is 1. The number of nitrogens with zero attached hydrogens (tertiary/aromatic N) is 2. The van der Waals surface area contributed by atoms with E-state index in [0.717, 1.165) is 5.69 Å². The number of rotatable bonds is 3. The van der Waals surface area contributed by atoms with Crippen LogP contribution in [-0.4, -0.2) is 23.6 Å². The number of hydrogen-bond donors (Lipinski definition) is 1. The van der Waals surface area contributed by atoms with E-state index in [1.807, 2.05) is 0 Å². The summed E-state index contributed by atoms with van der Waals surface area (Å²) >= 11 is 0. The van der Waals surface area contributed by atoms with Gasteiger partial charge in [0.05, 0.1) is 7.11 Å². The zero-order valence-electron chi connectivity index (χ0n) is 6.45. The minimum absolute atomic E-state index is 0.565. The molecule has 0 fully saturated rings. The summed E-state index contributed by atoms with van der Waals surface area (Å²) in [5, 5.41) is 0. The van der Waals surface area contributed by atoms with Gasteiger partial charge in [-0.25, -0.2) is 4.98 Å². The fourth-order valence-electron chi connectivity index (χ4n) is 0.833. The molecule has 0 spiro atoms. The summed E-state index contributed by atoms with van der Waals surface area (Å²) in [6.07, 6.45) is 3.93. The first-order valence-electron chi connectivity index (χ1n) is 3.42. The van der Waals surface area contributed by atoms with E-state index in [9.17, 15) is 0 Å². The molecule has 2 N–H and O–H groups in total. The second-order valence-electron chi connectivity index (χ2n) is 2.05. The van der Waals surface area contributed by atoms with Crippen molar-refractivity contribution in [1.82, 2.24) is 9.97 Å². The van der Waals surface area contributed by atoms with Gasteiger partial charge in [0, 0.05) is 18.8 Å². The van der Waals surface area contributed by atoms with Crippen LogP contribution >= 0.6 is 0 Å². The van der Waals surface area contributed by atoms with Crippen LogP contribution in [0.3, 0.4) is 0 Å². The average molecular weight is 153 g/mol. The Morgan fingerprint density at radius 1 is 1.45 bits per heavy atom. The van der Waals surface area contributed by atoms with E-state index in [0.29, 0.717) is 18.8 Å². The predicted octanol–water partition coefficient (Wildman–Crippen LogP) is -0.0136. The highest BCUT2D eigenvalue weighted by Gasteiger charge is 2.01. The largest absolute Gasteiger partial charge is 0.480 e. The van der Waals surface area contributed by atoms with Crippen molar-refractivity contribution in [3.05, 3.63) is 18.1 Å². The minimum Gasteiger partial charge on any atom is -0.480 e. The van der Waals surface area contributed by atoms with Crippen LogP contribution in [0, 0.1) is 0 Å². The van der Waals surface area contributed by atoms with E-state index in [4.69, 9.17) is 10.5 Å². The lowest BCUT2D eigenvalue weighted by Crippen LogP contribution is -2.06. The van der Waals surface area contributed by atoms with Crippen molar-refractivity contribution in [3.8, 4) is 5.88 Å². The molecule has 60 valence electrons. The van der Waals surface area contributed by atoms with Crippen LogP contribution in [0.15, 0.2) is 12.4 Å². The topological polar surface area (TPSA) is 61.0 Å². The van der Waals surface area contributed by atoms with Crippen LogP contribution in [-0.2, 0) is 6.42 Å². The standard InChI is InChI=1S/C7H11N3O/c1-11-7-6(2-3-8)9-4-5-10-7/h4-5H,2-3,8H2,1H3. The van der Waals surface area contributed by atoms with Crippen LogP contribution in [0.25, 0.3) is 0 Å². The molecule has 1 aromatic rings. The second kappa shape index (κ2) is 3.88. The van der Waals surface area contributed by atoms with Gasteiger partial charge in [0.15, 0.2) is 0 Å². The highest BCUT2D eigenvalue weighted by molar-refractivity contribution is 5.17. The molecule has 0 unspecified atom stereocenters. The van der Waals surface area contributed by atoms with Crippen molar-refractivity contribution in [2.75, 3.05) is 13.7 Å². The van der Waals surface area contributed by atoms with Crippen molar-refractivity contribution in [1.29, 1.82) is 0 Å². The van der Waals surface area contributed by atoms with Gasteiger partial charge in [-0.15, -0.1) is 0 Å². The predicted molar refractivity (Wildman–Crippen MR) is 41.3 cm³/mol. The fourth-order valence-corrected chi connectivity index (χ4v) is 0.833. The second-order valence-corrected chi connectivity index (χ2v) is 2.05. The van der Waals surface area contributed by atoms with E-state index in [1.54, 1.807) is 19.5 Å². The van der Waals surface area contributed by atoms with Gasteiger partial charge in [-0.05, 0) is 6.54 Å². The summed E-state index contributed by atoms with van der Waals surface area (Å²) in [7, 11) is 1.57. The quantitative estimate of drug-likeness (QED) is 0.663. The van der Waals surface area contributed by atoms with E-state index in [2.05, 4.69) is 9.97 Å². The number of hydrogen-bond acceptors (Lipinski definition) is 4. The molecule has 4 heteroatoms. The summed E-state index contributed by atoms with van der Waals surface area (Å²) in [6, 6.07) is 0. The van der Waals surface area contributed by atoms with Gasteiger partial charge in [0.25, 0.3) is 0 Å². The van der Waals surface area contributed by atoms with Gasteiger partial charge in [-0.2, -0.15) is 0 Å². The average Bonchev–Trinajstić information content (AvgIpc) is 2.06. The van der Waals surface area contributed by atoms with Crippen LogP contribution in [0.5, 0.6) is 5.88 Å². The Bertz CT molecular complexity index is 227. The number of aromatic nitrogens is 2. The van der Waals surface area contributed by atoms with E-state index < -0.39 is 0 Å². The molecule has 0 aliphatic heterocycles. The molecule has 1 aromatic heterocycles. The third kappa shape index (κ3) is 1.88. The van der Waals surface area contributed by atoms with Gasteiger partial charge >= 0.3 is 0 Å². The summed E-state index contributed by atoms with van der Waals surface area (Å²) in [5.74, 6) is 0.568. The van der Waals surface area contributed by atoms with E-state index >= 15 is 0 Å².